The molecule has 1 amide bonds. The predicted octanol–water partition coefficient (Wildman–Crippen LogP) is 3.23. The van der Waals surface area contributed by atoms with Gasteiger partial charge in [-0.2, -0.15) is 5.26 Å². The zero-order chi connectivity index (χ0) is 13.7. The fourth-order valence-electron chi connectivity index (χ4n) is 1.84. The van der Waals surface area contributed by atoms with Gasteiger partial charge in [-0.25, -0.2) is 0 Å². The number of rotatable bonds is 4. The van der Waals surface area contributed by atoms with Crippen LogP contribution in [0.4, 0.5) is 0 Å². The topological polar surface area (TPSA) is 52.9 Å². The zero-order valence-corrected chi connectivity index (χ0v) is 11.4. The van der Waals surface area contributed by atoms with Gasteiger partial charge in [-0.3, -0.25) is 4.79 Å². The molecule has 96 valence electrons. The van der Waals surface area contributed by atoms with Crippen LogP contribution in [0, 0.1) is 11.3 Å². The van der Waals surface area contributed by atoms with Gasteiger partial charge in [0.15, 0.2) is 0 Å². The summed E-state index contributed by atoms with van der Waals surface area (Å²) in [7, 11) is 0. The Morgan fingerprint density at radius 2 is 2.00 bits per heavy atom. The molecule has 0 bridgehead atoms. The van der Waals surface area contributed by atoms with Crippen molar-refractivity contribution in [1.82, 2.24) is 5.32 Å². The molecule has 1 aromatic carbocycles. The molecule has 1 N–H and O–H groups in total. The highest BCUT2D eigenvalue weighted by molar-refractivity contribution is 7.10. The number of amides is 1. The van der Waals surface area contributed by atoms with Crippen molar-refractivity contribution in [2.24, 2.45) is 0 Å². The van der Waals surface area contributed by atoms with E-state index < -0.39 is 5.92 Å². The maximum atomic E-state index is 12.2. The van der Waals surface area contributed by atoms with Crippen LogP contribution in [-0.2, 0) is 4.79 Å². The van der Waals surface area contributed by atoms with Crippen LogP contribution in [0.5, 0.6) is 0 Å². The van der Waals surface area contributed by atoms with Crippen molar-refractivity contribution in [3.8, 4) is 6.07 Å². The Labute approximate surface area is 116 Å². The lowest BCUT2D eigenvalue weighted by Gasteiger charge is -2.15. The number of hydrogen-bond donors (Lipinski definition) is 1. The van der Waals surface area contributed by atoms with Crippen LogP contribution in [0.2, 0.25) is 0 Å². The van der Waals surface area contributed by atoms with Gasteiger partial charge in [-0.15, -0.1) is 11.3 Å². The molecule has 19 heavy (non-hydrogen) atoms. The molecule has 0 spiro atoms. The molecule has 0 saturated carbocycles. The number of nitrogens with one attached hydrogen (secondary N) is 1. The van der Waals surface area contributed by atoms with Crippen molar-refractivity contribution < 1.29 is 4.79 Å². The maximum Gasteiger partial charge on any atom is 0.242 e. The van der Waals surface area contributed by atoms with E-state index in [1.807, 2.05) is 42.6 Å². The van der Waals surface area contributed by atoms with E-state index in [-0.39, 0.29) is 11.9 Å². The minimum atomic E-state index is -0.761. The number of benzene rings is 1. The van der Waals surface area contributed by atoms with Crippen LogP contribution in [0.3, 0.4) is 0 Å². The molecular formula is C15H14N2OS. The highest BCUT2D eigenvalue weighted by Crippen LogP contribution is 2.20. The highest BCUT2D eigenvalue weighted by Gasteiger charge is 2.21. The second-order valence-corrected chi connectivity index (χ2v) is 5.20. The van der Waals surface area contributed by atoms with Gasteiger partial charge in [0.2, 0.25) is 5.91 Å². The molecule has 0 aliphatic carbocycles. The quantitative estimate of drug-likeness (QED) is 0.927. The fourth-order valence-corrected chi connectivity index (χ4v) is 2.57. The summed E-state index contributed by atoms with van der Waals surface area (Å²) in [5.41, 5.74) is 0.723. The summed E-state index contributed by atoms with van der Waals surface area (Å²) < 4.78 is 0. The SMILES string of the molecule is CC(NC(=O)C(C#N)c1ccccc1)c1cccs1. The van der Waals surface area contributed by atoms with E-state index in [0.29, 0.717) is 0 Å². The van der Waals surface area contributed by atoms with E-state index in [1.54, 1.807) is 23.5 Å². The third-order valence-electron chi connectivity index (χ3n) is 2.85. The second kappa shape index (κ2) is 6.17. The van der Waals surface area contributed by atoms with Crippen molar-refractivity contribution in [1.29, 1.82) is 5.26 Å². The molecule has 2 rings (SSSR count). The minimum Gasteiger partial charge on any atom is -0.347 e. The smallest absolute Gasteiger partial charge is 0.242 e. The number of nitriles is 1. The zero-order valence-electron chi connectivity index (χ0n) is 10.5. The molecule has 3 nitrogen and oxygen atoms in total. The number of thiophene rings is 1. The molecule has 0 fully saturated rings. The van der Waals surface area contributed by atoms with Gasteiger partial charge in [0, 0.05) is 4.88 Å². The molecule has 4 heteroatoms. The Bertz CT molecular complexity index is 572. The predicted molar refractivity (Wildman–Crippen MR) is 75.7 cm³/mol. The number of nitrogens with zero attached hydrogens (tertiary/aromatic N) is 1. The van der Waals surface area contributed by atoms with E-state index in [9.17, 15) is 10.1 Å². The molecular weight excluding hydrogens is 256 g/mol. The average Bonchev–Trinajstić information content (AvgIpc) is 2.94. The van der Waals surface area contributed by atoms with Gasteiger partial charge >= 0.3 is 0 Å². The maximum absolute atomic E-state index is 12.2. The summed E-state index contributed by atoms with van der Waals surface area (Å²) in [6.07, 6.45) is 0. The van der Waals surface area contributed by atoms with Gasteiger partial charge in [0.25, 0.3) is 0 Å². The molecule has 1 aromatic heterocycles. The van der Waals surface area contributed by atoms with Crippen molar-refractivity contribution in [2.45, 2.75) is 18.9 Å². The molecule has 2 aromatic rings. The third kappa shape index (κ3) is 3.21. The van der Waals surface area contributed by atoms with Gasteiger partial charge in [-0.05, 0) is 23.9 Å². The standard InChI is InChI=1S/C15H14N2OS/c1-11(14-8-5-9-19-14)17-15(18)13(10-16)12-6-3-2-4-7-12/h2-9,11,13H,1H3,(H,17,18). The van der Waals surface area contributed by atoms with E-state index >= 15 is 0 Å². The van der Waals surface area contributed by atoms with Gasteiger partial charge in [0.05, 0.1) is 12.1 Å². The minimum absolute atomic E-state index is 0.0768. The summed E-state index contributed by atoms with van der Waals surface area (Å²) >= 11 is 1.59. The third-order valence-corrected chi connectivity index (χ3v) is 3.91. The normalized spacial score (nSPS) is 13.3. The van der Waals surface area contributed by atoms with Crippen LogP contribution in [-0.4, -0.2) is 5.91 Å². The highest BCUT2D eigenvalue weighted by atomic mass is 32.1. The molecule has 0 aliphatic heterocycles. The second-order valence-electron chi connectivity index (χ2n) is 4.22. The molecule has 0 aliphatic rings. The lowest BCUT2D eigenvalue weighted by molar-refractivity contribution is -0.122. The first kappa shape index (κ1) is 13.3. The van der Waals surface area contributed by atoms with Crippen LogP contribution in [0.25, 0.3) is 0 Å². The van der Waals surface area contributed by atoms with Crippen molar-refractivity contribution in [2.75, 3.05) is 0 Å². The molecule has 0 radical (unpaired) electrons. The lowest BCUT2D eigenvalue weighted by atomic mass is 9.99. The molecule has 1 heterocycles. The first-order valence-corrected chi connectivity index (χ1v) is 6.88. The van der Waals surface area contributed by atoms with E-state index in [4.69, 9.17) is 0 Å². The molecule has 2 unspecified atom stereocenters. The summed E-state index contributed by atoms with van der Waals surface area (Å²) in [6.45, 7) is 1.92. The Balaban J connectivity index is 2.09. The Morgan fingerprint density at radius 1 is 1.26 bits per heavy atom. The monoisotopic (exact) mass is 270 g/mol. The number of carbonyl (C=O) groups is 1. The first-order chi connectivity index (χ1) is 9.22. The number of hydrogen-bond acceptors (Lipinski definition) is 3. The van der Waals surface area contributed by atoms with E-state index in [0.717, 1.165) is 10.4 Å². The lowest BCUT2D eigenvalue weighted by Crippen LogP contribution is -2.30. The average molecular weight is 270 g/mol. The van der Waals surface area contributed by atoms with Crippen molar-refractivity contribution in [3.05, 3.63) is 58.3 Å². The van der Waals surface area contributed by atoms with E-state index in [2.05, 4.69) is 11.4 Å². The Morgan fingerprint density at radius 3 is 2.58 bits per heavy atom. The van der Waals surface area contributed by atoms with Gasteiger partial charge in [0.1, 0.15) is 5.92 Å². The van der Waals surface area contributed by atoms with Crippen LogP contribution in [0.15, 0.2) is 47.8 Å². The van der Waals surface area contributed by atoms with Crippen molar-refractivity contribution >= 4 is 17.2 Å². The Kier molecular flexibility index (Phi) is 4.32. The fraction of sp³-hybridized carbons (Fsp3) is 0.200. The summed E-state index contributed by atoms with van der Waals surface area (Å²) in [6, 6.07) is 15.0. The largest absolute Gasteiger partial charge is 0.347 e. The first-order valence-electron chi connectivity index (χ1n) is 6.00. The Hall–Kier alpha value is -2.12. The van der Waals surface area contributed by atoms with Gasteiger partial charge < -0.3 is 5.32 Å². The summed E-state index contributed by atoms with van der Waals surface area (Å²) in [5, 5.41) is 14.0. The summed E-state index contributed by atoms with van der Waals surface area (Å²) in [4.78, 5) is 13.2. The molecule has 2 atom stereocenters. The van der Waals surface area contributed by atoms with E-state index in [1.165, 1.54) is 0 Å². The van der Waals surface area contributed by atoms with Gasteiger partial charge in [-0.1, -0.05) is 36.4 Å². The summed E-state index contributed by atoms with van der Waals surface area (Å²) in [5.74, 6) is -1.02. The molecule has 0 saturated heterocycles. The van der Waals surface area contributed by atoms with Crippen molar-refractivity contribution in [3.63, 3.8) is 0 Å². The van der Waals surface area contributed by atoms with Crippen LogP contribution >= 0.6 is 11.3 Å². The van der Waals surface area contributed by atoms with Crippen LogP contribution in [0.1, 0.15) is 29.3 Å². The van der Waals surface area contributed by atoms with Crippen LogP contribution < -0.4 is 5.32 Å². The number of carbonyl (C=O) groups excluding carboxylic acids is 1.